The van der Waals surface area contributed by atoms with Crippen LogP contribution < -0.4 is 0 Å². The number of allylic oxidation sites excluding steroid dienone is 2. The highest BCUT2D eigenvalue weighted by molar-refractivity contribution is 8.04. The maximum absolute atomic E-state index is 11.1. The smallest absolute Gasteiger partial charge is 0.317 e. The molecule has 2 rings (SSSR count). The van der Waals surface area contributed by atoms with E-state index in [0.717, 1.165) is 19.3 Å². The molecule has 2 atom stereocenters. The third-order valence-corrected chi connectivity index (χ3v) is 5.01. The van der Waals surface area contributed by atoms with E-state index in [2.05, 4.69) is 20.8 Å². The molecule has 1 heterocycles. The van der Waals surface area contributed by atoms with Gasteiger partial charge in [0.25, 0.3) is 0 Å². The summed E-state index contributed by atoms with van der Waals surface area (Å²) in [6.07, 6.45) is 3.28. The van der Waals surface area contributed by atoms with Gasteiger partial charge in [-0.2, -0.15) is 0 Å². The number of aliphatic carboxylic acids is 1. The van der Waals surface area contributed by atoms with Crippen molar-refractivity contribution in [2.75, 3.05) is 0 Å². The molecule has 0 bridgehead atoms. The molecule has 0 radical (unpaired) electrons. The summed E-state index contributed by atoms with van der Waals surface area (Å²) in [6.45, 7) is 6.64. The fourth-order valence-corrected chi connectivity index (χ4v) is 4.07. The molecule has 3 heteroatoms. The van der Waals surface area contributed by atoms with Gasteiger partial charge in [-0.1, -0.05) is 19.4 Å². The van der Waals surface area contributed by atoms with Crippen LogP contribution in [0.4, 0.5) is 0 Å². The van der Waals surface area contributed by atoms with Gasteiger partial charge in [0.15, 0.2) is 0 Å². The highest BCUT2D eigenvalue weighted by atomic mass is 32.2. The number of carboxylic acid groups (broad SMARTS) is 1. The summed E-state index contributed by atoms with van der Waals surface area (Å²) in [7, 11) is 0. The molecule has 1 N–H and O–H groups in total. The molecule has 84 valence electrons. The molecule has 2 unspecified atom stereocenters. The lowest BCUT2D eigenvalue weighted by molar-refractivity contribution is -0.137. The molecule has 0 saturated heterocycles. The molecule has 1 aliphatic carbocycles. The molecule has 0 aromatic rings. The van der Waals surface area contributed by atoms with Gasteiger partial charge in [0, 0.05) is 5.92 Å². The van der Waals surface area contributed by atoms with E-state index < -0.39 is 5.97 Å². The third kappa shape index (κ3) is 1.94. The van der Waals surface area contributed by atoms with E-state index in [9.17, 15) is 4.79 Å². The number of carboxylic acids is 1. The van der Waals surface area contributed by atoms with E-state index in [1.165, 1.54) is 10.5 Å². The van der Waals surface area contributed by atoms with E-state index in [1.807, 2.05) is 0 Å². The largest absolute Gasteiger partial charge is 0.480 e. The van der Waals surface area contributed by atoms with Crippen molar-refractivity contribution in [1.29, 1.82) is 0 Å². The Hall–Kier alpha value is -0.440. The highest BCUT2D eigenvalue weighted by Crippen LogP contribution is 2.53. The van der Waals surface area contributed by atoms with Crippen LogP contribution >= 0.6 is 11.8 Å². The van der Waals surface area contributed by atoms with Gasteiger partial charge in [0.1, 0.15) is 5.25 Å². The maximum atomic E-state index is 11.1. The Morgan fingerprint density at radius 1 is 1.53 bits per heavy atom. The van der Waals surface area contributed by atoms with E-state index in [0.29, 0.717) is 11.3 Å². The normalized spacial score (nSPS) is 34.1. The van der Waals surface area contributed by atoms with Crippen LogP contribution in [0, 0.1) is 11.3 Å². The Bertz CT molecular complexity index is 331. The standard InChI is InChI=1S/C12H18O2S/c1-7-9-6-12(2,3)5-4-8(9)10(15-7)11(13)14/h8,10H,4-6H2,1-3H3,(H,13,14). The molecule has 1 aliphatic heterocycles. The summed E-state index contributed by atoms with van der Waals surface area (Å²) in [5.41, 5.74) is 1.78. The number of carbonyl (C=O) groups is 1. The Morgan fingerprint density at radius 2 is 2.20 bits per heavy atom. The van der Waals surface area contributed by atoms with Gasteiger partial charge in [-0.05, 0) is 36.5 Å². The van der Waals surface area contributed by atoms with Gasteiger partial charge in [-0.15, -0.1) is 11.8 Å². The molecule has 0 aromatic heterocycles. The zero-order chi connectivity index (χ0) is 11.2. The van der Waals surface area contributed by atoms with Crippen molar-refractivity contribution in [3.63, 3.8) is 0 Å². The van der Waals surface area contributed by atoms with E-state index >= 15 is 0 Å². The molecule has 2 nitrogen and oxygen atoms in total. The Morgan fingerprint density at radius 3 is 2.80 bits per heavy atom. The summed E-state index contributed by atoms with van der Waals surface area (Å²) >= 11 is 1.56. The lowest BCUT2D eigenvalue weighted by atomic mass is 9.69. The lowest BCUT2D eigenvalue weighted by Gasteiger charge is -2.35. The summed E-state index contributed by atoms with van der Waals surface area (Å²) in [4.78, 5) is 12.4. The molecule has 2 aliphatic rings. The van der Waals surface area contributed by atoms with Gasteiger partial charge >= 0.3 is 5.97 Å². The maximum Gasteiger partial charge on any atom is 0.317 e. The number of thioether (sulfide) groups is 1. The fraction of sp³-hybridized carbons (Fsp3) is 0.750. The average molecular weight is 226 g/mol. The molecule has 1 saturated carbocycles. The van der Waals surface area contributed by atoms with Crippen LogP contribution in [0.25, 0.3) is 0 Å². The van der Waals surface area contributed by atoms with Crippen molar-refractivity contribution in [2.24, 2.45) is 11.3 Å². The van der Waals surface area contributed by atoms with Crippen molar-refractivity contribution < 1.29 is 9.90 Å². The summed E-state index contributed by atoms with van der Waals surface area (Å²) in [6, 6.07) is 0. The van der Waals surface area contributed by atoms with Crippen LogP contribution in [0.15, 0.2) is 10.5 Å². The second kappa shape index (κ2) is 3.55. The Kier molecular flexibility index (Phi) is 2.61. The van der Waals surface area contributed by atoms with Crippen LogP contribution in [0.3, 0.4) is 0 Å². The zero-order valence-corrected chi connectivity index (χ0v) is 10.4. The second-order valence-electron chi connectivity index (χ2n) is 5.44. The molecule has 0 amide bonds. The number of hydrogen-bond donors (Lipinski definition) is 1. The third-order valence-electron chi connectivity index (χ3n) is 3.61. The number of rotatable bonds is 1. The number of fused-ring (bicyclic) bond motifs is 1. The molecule has 15 heavy (non-hydrogen) atoms. The minimum atomic E-state index is -0.640. The molecule has 1 fully saturated rings. The van der Waals surface area contributed by atoms with Crippen LogP contribution in [0.2, 0.25) is 0 Å². The highest BCUT2D eigenvalue weighted by Gasteiger charge is 2.43. The van der Waals surface area contributed by atoms with Crippen molar-refractivity contribution in [1.82, 2.24) is 0 Å². The fourth-order valence-electron chi connectivity index (χ4n) is 2.75. The molecular formula is C12H18O2S. The first kappa shape index (κ1) is 11.1. The van der Waals surface area contributed by atoms with E-state index in [-0.39, 0.29) is 5.25 Å². The Labute approximate surface area is 95.1 Å². The summed E-state index contributed by atoms with van der Waals surface area (Å²) in [5, 5.41) is 8.94. The molecular weight excluding hydrogens is 208 g/mol. The van der Waals surface area contributed by atoms with Crippen LogP contribution in [0.1, 0.15) is 40.0 Å². The predicted molar refractivity (Wildman–Crippen MR) is 62.8 cm³/mol. The van der Waals surface area contributed by atoms with Crippen LogP contribution in [0.5, 0.6) is 0 Å². The monoisotopic (exact) mass is 226 g/mol. The average Bonchev–Trinajstić information content (AvgIpc) is 2.42. The van der Waals surface area contributed by atoms with Crippen LogP contribution in [-0.2, 0) is 4.79 Å². The quantitative estimate of drug-likeness (QED) is 0.745. The summed E-state index contributed by atoms with van der Waals surface area (Å²) < 4.78 is 0. The first-order valence-electron chi connectivity index (χ1n) is 5.50. The van der Waals surface area contributed by atoms with Crippen molar-refractivity contribution in [3.05, 3.63) is 10.5 Å². The minimum Gasteiger partial charge on any atom is -0.480 e. The zero-order valence-electron chi connectivity index (χ0n) is 9.54. The van der Waals surface area contributed by atoms with E-state index in [4.69, 9.17) is 5.11 Å². The number of hydrogen-bond acceptors (Lipinski definition) is 2. The van der Waals surface area contributed by atoms with Gasteiger partial charge in [0.2, 0.25) is 0 Å². The lowest BCUT2D eigenvalue weighted by Crippen LogP contribution is -2.30. The molecule has 0 aromatic carbocycles. The van der Waals surface area contributed by atoms with Gasteiger partial charge in [-0.3, -0.25) is 4.79 Å². The first-order valence-corrected chi connectivity index (χ1v) is 6.38. The van der Waals surface area contributed by atoms with Crippen molar-refractivity contribution in [3.8, 4) is 0 Å². The minimum absolute atomic E-state index is 0.212. The SMILES string of the molecule is CC1=C2CC(C)(C)CCC2C(C(=O)O)S1. The topological polar surface area (TPSA) is 37.3 Å². The van der Waals surface area contributed by atoms with Crippen LogP contribution in [-0.4, -0.2) is 16.3 Å². The molecule has 0 spiro atoms. The van der Waals surface area contributed by atoms with Crippen molar-refractivity contribution >= 4 is 17.7 Å². The van der Waals surface area contributed by atoms with Gasteiger partial charge < -0.3 is 5.11 Å². The predicted octanol–water partition coefficient (Wildman–Crippen LogP) is 3.29. The van der Waals surface area contributed by atoms with E-state index in [1.54, 1.807) is 11.8 Å². The summed E-state index contributed by atoms with van der Waals surface area (Å²) in [5.74, 6) is -0.334. The van der Waals surface area contributed by atoms with Gasteiger partial charge in [0.05, 0.1) is 0 Å². The van der Waals surface area contributed by atoms with Crippen molar-refractivity contribution in [2.45, 2.75) is 45.3 Å². The second-order valence-corrected chi connectivity index (χ2v) is 6.80. The first-order chi connectivity index (χ1) is 6.91. The Balaban J connectivity index is 2.23. The van der Waals surface area contributed by atoms with Gasteiger partial charge in [-0.25, -0.2) is 0 Å².